The number of amides is 2. The topological polar surface area (TPSA) is 80.3 Å². The summed E-state index contributed by atoms with van der Waals surface area (Å²) in [5.41, 5.74) is 1.46. The zero-order chi connectivity index (χ0) is 17.5. The molecular weight excluding hydrogens is 326 g/mol. The average Bonchev–Trinajstić information content (AvgIpc) is 3.00. The standard InChI is InChI=1S/C17H21N3O3S/c1-11(2)19-15(21)8-18-17(22)14-10-24-16(20-14)9-23-13-6-4-12(3)5-7-13/h4-7,10-11H,8-9H2,1-3H3,(H,18,22)(H,19,21). The molecule has 1 aromatic heterocycles. The van der Waals surface area contributed by atoms with Crippen molar-refractivity contribution in [3.8, 4) is 5.75 Å². The molecule has 6 nitrogen and oxygen atoms in total. The number of benzene rings is 1. The summed E-state index contributed by atoms with van der Waals surface area (Å²) in [6.45, 7) is 5.97. The maximum atomic E-state index is 12.0. The van der Waals surface area contributed by atoms with Gasteiger partial charge in [0, 0.05) is 11.4 Å². The fraction of sp³-hybridized carbons (Fsp3) is 0.353. The number of rotatable bonds is 7. The second-order valence-electron chi connectivity index (χ2n) is 5.63. The Hall–Kier alpha value is -2.41. The van der Waals surface area contributed by atoms with Crippen LogP contribution in [0.1, 0.15) is 34.9 Å². The van der Waals surface area contributed by atoms with Crippen LogP contribution in [0.25, 0.3) is 0 Å². The van der Waals surface area contributed by atoms with Crippen molar-refractivity contribution in [2.75, 3.05) is 6.54 Å². The Balaban J connectivity index is 1.82. The van der Waals surface area contributed by atoms with Gasteiger partial charge in [-0.15, -0.1) is 11.3 Å². The molecule has 7 heteroatoms. The summed E-state index contributed by atoms with van der Waals surface area (Å²) >= 11 is 1.35. The Morgan fingerprint density at radius 3 is 2.62 bits per heavy atom. The van der Waals surface area contributed by atoms with Crippen molar-refractivity contribution in [1.29, 1.82) is 0 Å². The lowest BCUT2D eigenvalue weighted by atomic mass is 10.2. The van der Waals surface area contributed by atoms with Crippen molar-refractivity contribution in [2.24, 2.45) is 0 Å². The molecule has 0 saturated carbocycles. The summed E-state index contributed by atoms with van der Waals surface area (Å²) in [5.74, 6) is 0.162. The second-order valence-corrected chi connectivity index (χ2v) is 6.58. The Labute approximate surface area is 145 Å². The number of nitrogens with one attached hydrogen (secondary N) is 2. The predicted octanol–water partition coefficient (Wildman–Crippen LogP) is 2.28. The molecule has 0 fully saturated rings. The summed E-state index contributed by atoms with van der Waals surface area (Å²) in [5, 5.41) is 7.61. The molecule has 1 aromatic carbocycles. The largest absolute Gasteiger partial charge is 0.486 e. The van der Waals surface area contributed by atoms with E-state index in [0.29, 0.717) is 17.3 Å². The van der Waals surface area contributed by atoms with Crippen molar-refractivity contribution < 1.29 is 14.3 Å². The van der Waals surface area contributed by atoms with E-state index < -0.39 is 0 Å². The molecule has 1 heterocycles. The predicted molar refractivity (Wildman–Crippen MR) is 93.2 cm³/mol. The van der Waals surface area contributed by atoms with Crippen molar-refractivity contribution >= 4 is 23.2 Å². The van der Waals surface area contributed by atoms with Crippen molar-refractivity contribution in [3.05, 3.63) is 45.9 Å². The van der Waals surface area contributed by atoms with Crippen molar-refractivity contribution in [2.45, 2.75) is 33.4 Å². The van der Waals surface area contributed by atoms with Gasteiger partial charge >= 0.3 is 0 Å². The third-order valence-electron chi connectivity index (χ3n) is 3.03. The molecule has 0 unspecified atom stereocenters. The van der Waals surface area contributed by atoms with Gasteiger partial charge in [0.05, 0.1) is 6.54 Å². The fourth-order valence-electron chi connectivity index (χ4n) is 1.89. The highest BCUT2D eigenvalue weighted by Gasteiger charge is 2.12. The van der Waals surface area contributed by atoms with E-state index in [2.05, 4.69) is 15.6 Å². The molecule has 128 valence electrons. The lowest BCUT2D eigenvalue weighted by Crippen LogP contribution is -2.39. The first-order chi connectivity index (χ1) is 11.4. The average molecular weight is 347 g/mol. The van der Waals surface area contributed by atoms with Crippen molar-refractivity contribution in [3.63, 3.8) is 0 Å². The quantitative estimate of drug-likeness (QED) is 0.805. The zero-order valence-electron chi connectivity index (χ0n) is 14.0. The van der Waals surface area contributed by atoms with Crippen molar-refractivity contribution in [1.82, 2.24) is 15.6 Å². The van der Waals surface area contributed by atoms with Crippen LogP contribution in [0.2, 0.25) is 0 Å². The van der Waals surface area contributed by atoms with Crippen LogP contribution in [0.3, 0.4) is 0 Å². The smallest absolute Gasteiger partial charge is 0.271 e. The molecule has 0 radical (unpaired) electrons. The number of hydrogen-bond acceptors (Lipinski definition) is 5. The zero-order valence-corrected chi connectivity index (χ0v) is 14.8. The van der Waals surface area contributed by atoms with Gasteiger partial charge in [0.25, 0.3) is 5.91 Å². The van der Waals surface area contributed by atoms with Crippen LogP contribution in [-0.4, -0.2) is 29.4 Å². The Bertz CT molecular complexity index is 695. The van der Waals surface area contributed by atoms with E-state index in [1.165, 1.54) is 11.3 Å². The van der Waals surface area contributed by atoms with Gasteiger partial charge in [-0.05, 0) is 32.9 Å². The lowest BCUT2D eigenvalue weighted by molar-refractivity contribution is -0.120. The minimum absolute atomic E-state index is 0.0409. The van der Waals surface area contributed by atoms with E-state index in [4.69, 9.17) is 4.74 Å². The lowest BCUT2D eigenvalue weighted by Gasteiger charge is -2.08. The molecule has 0 spiro atoms. The highest BCUT2D eigenvalue weighted by atomic mass is 32.1. The molecule has 0 bridgehead atoms. The van der Waals surface area contributed by atoms with Gasteiger partial charge in [-0.25, -0.2) is 4.98 Å². The van der Waals surface area contributed by atoms with E-state index in [0.717, 1.165) is 11.3 Å². The van der Waals surface area contributed by atoms with E-state index in [-0.39, 0.29) is 24.4 Å². The monoisotopic (exact) mass is 347 g/mol. The molecule has 2 aromatic rings. The van der Waals surface area contributed by atoms with Gasteiger partial charge in [-0.3, -0.25) is 9.59 Å². The minimum atomic E-state index is -0.369. The fourth-order valence-corrected chi connectivity index (χ4v) is 2.57. The maximum absolute atomic E-state index is 12.0. The Morgan fingerprint density at radius 2 is 1.96 bits per heavy atom. The van der Waals surface area contributed by atoms with Gasteiger partial charge in [-0.2, -0.15) is 0 Å². The van der Waals surface area contributed by atoms with Crippen LogP contribution in [0.5, 0.6) is 5.75 Å². The van der Waals surface area contributed by atoms with E-state index >= 15 is 0 Å². The third kappa shape index (κ3) is 5.66. The van der Waals surface area contributed by atoms with Crippen LogP contribution < -0.4 is 15.4 Å². The minimum Gasteiger partial charge on any atom is -0.486 e. The summed E-state index contributed by atoms with van der Waals surface area (Å²) in [4.78, 5) is 27.7. The summed E-state index contributed by atoms with van der Waals surface area (Å²) in [7, 11) is 0. The SMILES string of the molecule is Cc1ccc(OCc2nc(C(=O)NCC(=O)NC(C)C)cs2)cc1. The van der Waals surface area contributed by atoms with Gasteiger partial charge < -0.3 is 15.4 Å². The van der Waals surface area contributed by atoms with Gasteiger partial charge in [0.1, 0.15) is 23.1 Å². The maximum Gasteiger partial charge on any atom is 0.271 e. The highest BCUT2D eigenvalue weighted by molar-refractivity contribution is 7.09. The Kier molecular flexibility index (Phi) is 6.31. The van der Waals surface area contributed by atoms with Crippen LogP contribution in [0.15, 0.2) is 29.6 Å². The number of carbonyl (C=O) groups excluding carboxylic acids is 2. The first-order valence-electron chi connectivity index (χ1n) is 7.65. The molecule has 0 aliphatic carbocycles. The van der Waals surface area contributed by atoms with Gasteiger partial charge in [0.15, 0.2) is 0 Å². The van der Waals surface area contributed by atoms with Crippen LogP contribution >= 0.6 is 11.3 Å². The molecular formula is C17H21N3O3S. The molecule has 0 atom stereocenters. The van der Waals surface area contributed by atoms with Gasteiger partial charge in [0.2, 0.25) is 5.91 Å². The molecule has 0 aliphatic heterocycles. The number of aromatic nitrogens is 1. The number of nitrogens with zero attached hydrogens (tertiary/aromatic N) is 1. The molecule has 0 saturated heterocycles. The van der Waals surface area contributed by atoms with Crippen LogP contribution in [-0.2, 0) is 11.4 Å². The van der Waals surface area contributed by atoms with E-state index in [1.54, 1.807) is 5.38 Å². The molecule has 2 rings (SSSR count). The molecule has 24 heavy (non-hydrogen) atoms. The normalized spacial score (nSPS) is 10.5. The molecule has 2 N–H and O–H groups in total. The number of aryl methyl sites for hydroxylation is 1. The summed E-state index contributed by atoms with van der Waals surface area (Å²) < 4.78 is 5.63. The van der Waals surface area contributed by atoms with E-state index in [1.807, 2.05) is 45.0 Å². The first-order valence-corrected chi connectivity index (χ1v) is 8.53. The molecule has 2 amide bonds. The van der Waals surface area contributed by atoms with E-state index in [9.17, 15) is 9.59 Å². The van der Waals surface area contributed by atoms with Gasteiger partial charge in [-0.1, -0.05) is 17.7 Å². The summed E-state index contributed by atoms with van der Waals surface area (Å²) in [6, 6.07) is 7.77. The second kappa shape index (κ2) is 8.44. The number of thiazole rings is 1. The van der Waals surface area contributed by atoms with Crippen LogP contribution in [0, 0.1) is 6.92 Å². The number of hydrogen-bond donors (Lipinski definition) is 2. The highest BCUT2D eigenvalue weighted by Crippen LogP contribution is 2.16. The first kappa shape index (κ1) is 17.9. The van der Waals surface area contributed by atoms with Crippen LogP contribution in [0.4, 0.5) is 0 Å². The molecule has 0 aliphatic rings. The summed E-state index contributed by atoms with van der Waals surface area (Å²) in [6.07, 6.45) is 0. The third-order valence-corrected chi connectivity index (χ3v) is 3.85. The Morgan fingerprint density at radius 1 is 1.25 bits per heavy atom. The number of ether oxygens (including phenoxy) is 1. The number of carbonyl (C=O) groups is 2.